The van der Waals surface area contributed by atoms with Crippen LogP contribution >= 0.6 is 0 Å². The third-order valence-electron chi connectivity index (χ3n) is 2.98. The highest BCUT2D eigenvalue weighted by atomic mass is 16.5. The molecular weight excluding hydrogens is 232 g/mol. The zero-order chi connectivity index (χ0) is 12.8. The van der Waals surface area contributed by atoms with Gasteiger partial charge in [-0.1, -0.05) is 0 Å². The lowest BCUT2D eigenvalue weighted by Gasteiger charge is -2.14. The average molecular weight is 250 g/mol. The molecule has 1 fully saturated rings. The van der Waals surface area contributed by atoms with Crippen molar-refractivity contribution in [1.29, 1.82) is 0 Å². The number of ether oxygens (including phenoxy) is 1. The van der Waals surface area contributed by atoms with Gasteiger partial charge in [0.1, 0.15) is 5.82 Å². The molecule has 1 N–H and O–H groups in total. The van der Waals surface area contributed by atoms with E-state index in [1.54, 1.807) is 6.20 Å². The maximum Gasteiger partial charge on any atom is 0.358 e. The van der Waals surface area contributed by atoms with Crippen molar-refractivity contribution in [2.24, 2.45) is 0 Å². The summed E-state index contributed by atoms with van der Waals surface area (Å²) in [5.41, 5.74) is 0.225. The Morgan fingerprint density at radius 2 is 2.17 bits per heavy atom. The number of nitrogens with one attached hydrogen (secondary N) is 1. The highest BCUT2D eigenvalue weighted by Gasteiger charge is 2.11. The molecule has 0 radical (unpaired) electrons. The van der Waals surface area contributed by atoms with Crippen LogP contribution in [-0.4, -0.2) is 54.1 Å². The number of likely N-dealkylation sites (tertiary alicyclic amines) is 1. The van der Waals surface area contributed by atoms with Gasteiger partial charge in [0, 0.05) is 13.1 Å². The number of rotatable bonds is 5. The third kappa shape index (κ3) is 3.40. The molecule has 1 aliphatic rings. The third-order valence-corrected chi connectivity index (χ3v) is 2.98. The standard InChI is InChI=1S/C12H18N4O2/c1-18-12(17)10-8-15-11(9-14-10)13-4-7-16-5-2-3-6-16/h8-9H,2-7H2,1H3,(H,13,15). The summed E-state index contributed by atoms with van der Waals surface area (Å²) in [5, 5.41) is 3.19. The van der Waals surface area contributed by atoms with Crippen LogP contribution in [-0.2, 0) is 4.74 Å². The second kappa shape index (κ2) is 6.30. The van der Waals surface area contributed by atoms with Gasteiger partial charge in [-0.25, -0.2) is 14.8 Å². The van der Waals surface area contributed by atoms with E-state index in [4.69, 9.17) is 0 Å². The van der Waals surface area contributed by atoms with Crippen LogP contribution in [0.4, 0.5) is 5.82 Å². The molecule has 1 aliphatic heterocycles. The van der Waals surface area contributed by atoms with E-state index in [2.05, 4.69) is 24.9 Å². The van der Waals surface area contributed by atoms with Crippen molar-refractivity contribution in [1.82, 2.24) is 14.9 Å². The Kier molecular flexibility index (Phi) is 4.46. The van der Waals surface area contributed by atoms with E-state index in [0.717, 1.165) is 13.1 Å². The van der Waals surface area contributed by atoms with Gasteiger partial charge in [0.15, 0.2) is 5.69 Å². The van der Waals surface area contributed by atoms with Crippen molar-refractivity contribution in [2.75, 3.05) is 38.6 Å². The predicted octanol–water partition coefficient (Wildman–Crippen LogP) is 0.771. The fourth-order valence-corrected chi connectivity index (χ4v) is 1.98. The summed E-state index contributed by atoms with van der Waals surface area (Å²) < 4.78 is 4.56. The normalized spacial score (nSPS) is 15.6. The lowest BCUT2D eigenvalue weighted by molar-refractivity contribution is 0.0593. The van der Waals surface area contributed by atoms with Crippen molar-refractivity contribution < 1.29 is 9.53 Å². The molecule has 0 aliphatic carbocycles. The number of carbonyl (C=O) groups is 1. The van der Waals surface area contributed by atoms with Gasteiger partial charge in [0.05, 0.1) is 19.5 Å². The average Bonchev–Trinajstić information content (AvgIpc) is 2.92. The largest absolute Gasteiger partial charge is 0.464 e. The van der Waals surface area contributed by atoms with Crippen LogP contribution in [0, 0.1) is 0 Å². The smallest absolute Gasteiger partial charge is 0.358 e. The number of aromatic nitrogens is 2. The van der Waals surface area contributed by atoms with Crippen LogP contribution < -0.4 is 5.32 Å². The Labute approximate surface area is 106 Å². The predicted molar refractivity (Wildman–Crippen MR) is 67.5 cm³/mol. The zero-order valence-corrected chi connectivity index (χ0v) is 10.6. The van der Waals surface area contributed by atoms with Gasteiger partial charge in [-0.15, -0.1) is 0 Å². The van der Waals surface area contributed by atoms with Gasteiger partial charge >= 0.3 is 5.97 Å². The highest BCUT2D eigenvalue weighted by Crippen LogP contribution is 2.07. The number of esters is 1. The molecule has 1 aromatic heterocycles. The lowest BCUT2D eigenvalue weighted by Crippen LogP contribution is -2.26. The molecule has 18 heavy (non-hydrogen) atoms. The molecule has 2 heterocycles. The van der Waals surface area contributed by atoms with Gasteiger partial charge in [-0.05, 0) is 25.9 Å². The summed E-state index contributed by atoms with van der Waals surface area (Å²) in [7, 11) is 1.33. The molecule has 1 aromatic rings. The van der Waals surface area contributed by atoms with E-state index in [1.807, 2.05) is 0 Å². The second-order valence-electron chi connectivity index (χ2n) is 4.25. The van der Waals surface area contributed by atoms with Crippen LogP contribution in [0.2, 0.25) is 0 Å². The molecule has 0 atom stereocenters. The van der Waals surface area contributed by atoms with Crippen molar-refractivity contribution in [3.63, 3.8) is 0 Å². The van der Waals surface area contributed by atoms with Crippen molar-refractivity contribution >= 4 is 11.8 Å². The molecular formula is C12H18N4O2. The molecule has 2 rings (SSSR count). The van der Waals surface area contributed by atoms with Crippen LogP contribution in [0.25, 0.3) is 0 Å². The molecule has 0 bridgehead atoms. The van der Waals surface area contributed by atoms with E-state index in [-0.39, 0.29) is 5.69 Å². The molecule has 0 amide bonds. The second-order valence-corrected chi connectivity index (χ2v) is 4.25. The first-order valence-corrected chi connectivity index (χ1v) is 6.16. The minimum absolute atomic E-state index is 0.225. The van der Waals surface area contributed by atoms with E-state index in [0.29, 0.717) is 5.82 Å². The van der Waals surface area contributed by atoms with E-state index in [1.165, 1.54) is 39.2 Å². The van der Waals surface area contributed by atoms with E-state index in [9.17, 15) is 4.79 Å². The summed E-state index contributed by atoms with van der Waals surface area (Å²) >= 11 is 0. The van der Waals surface area contributed by atoms with Crippen molar-refractivity contribution in [3.8, 4) is 0 Å². The van der Waals surface area contributed by atoms with Crippen molar-refractivity contribution in [2.45, 2.75) is 12.8 Å². The van der Waals surface area contributed by atoms with Gasteiger partial charge < -0.3 is 15.0 Å². The minimum atomic E-state index is -0.467. The first-order valence-electron chi connectivity index (χ1n) is 6.16. The Hall–Kier alpha value is -1.69. The van der Waals surface area contributed by atoms with Gasteiger partial charge in [0.2, 0.25) is 0 Å². The maximum absolute atomic E-state index is 11.2. The SMILES string of the molecule is COC(=O)c1cnc(NCCN2CCCC2)cn1. The Bertz CT molecular complexity index is 388. The molecule has 1 saturated heterocycles. The quantitative estimate of drug-likeness (QED) is 0.779. The minimum Gasteiger partial charge on any atom is -0.464 e. The lowest BCUT2D eigenvalue weighted by atomic mass is 10.4. The summed E-state index contributed by atoms with van der Waals surface area (Å²) in [6.07, 6.45) is 5.57. The van der Waals surface area contributed by atoms with Gasteiger partial charge in [-0.2, -0.15) is 0 Å². The Morgan fingerprint density at radius 3 is 2.78 bits per heavy atom. The monoisotopic (exact) mass is 250 g/mol. The number of hydrogen-bond donors (Lipinski definition) is 1. The maximum atomic E-state index is 11.2. The van der Waals surface area contributed by atoms with E-state index >= 15 is 0 Å². The Balaban J connectivity index is 1.77. The summed E-state index contributed by atoms with van der Waals surface area (Å²) in [6, 6.07) is 0. The zero-order valence-electron chi connectivity index (χ0n) is 10.6. The van der Waals surface area contributed by atoms with Gasteiger partial charge in [0.25, 0.3) is 0 Å². The molecule has 6 nitrogen and oxygen atoms in total. The van der Waals surface area contributed by atoms with Crippen LogP contribution in [0.3, 0.4) is 0 Å². The molecule has 0 spiro atoms. The molecule has 0 saturated carbocycles. The van der Waals surface area contributed by atoms with Crippen LogP contribution in [0.5, 0.6) is 0 Å². The summed E-state index contributed by atoms with van der Waals surface area (Å²) in [4.78, 5) is 21.7. The molecule has 0 unspecified atom stereocenters. The summed E-state index contributed by atoms with van der Waals surface area (Å²) in [5.74, 6) is 0.216. The van der Waals surface area contributed by atoms with Crippen molar-refractivity contribution in [3.05, 3.63) is 18.1 Å². The number of methoxy groups -OCH3 is 1. The fourth-order valence-electron chi connectivity index (χ4n) is 1.98. The fraction of sp³-hybridized carbons (Fsp3) is 0.583. The van der Waals surface area contributed by atoms with Crippen LogP contribution in [0.15, 0.2) is 12.4 Å². The number of anilines is 1. The first-order chi connectivity index (χ1) is 8.79. The molecule has 0 aromatic carbocycles. The first kappa shape index (κ1) is 12.8. The van der Waals surface area contributed by atoms with Gasteiger partial charge in [-0.3, -0.25) is 0 Å². The molecule has 98 valence electrons. The number of carbonyl (C=O) groups excluding carboxylic acids is 1. The van der Waals surface area contributed by atoms with E-state index < -0.39 is 5.97 Å². The Morgan fingerprint density at radius 1 is 1.39 bits per heavy atom. The summed E-state index contributed by atoms with van der Waals surface area (Å²) in [6.45, 7) is 4.23. The molecule has 6 heteroatoms. The number of hydrogen-bond acceptors (Lipinski definition) is 6. The topological polar surface area (TPSA) is 67.3 Å². The number of nitrogens with zero attached hydrogens (tertiary/aromatic N) is 3. The van der Waals surface area contributed by atoms with Crippen LogP contribution in [0.1, 0.15) is 23.3 Å². The highest BCUT2D eigenvalue weighted by molar-refractivity contribution is 5.86.